The smallest absolute Gasteiger partial charge is 0.193 e. The average molecular weight is 1940 g/mol. The molecular weight excluding hydrogens is 1780 g/mol. The van der Waals surface area contributed by atoms with E-state index in [4.69, 9.17) is 29.3 Å². The van der Waals surface area contributed by atoms with Crippen molar-refractivity contribution in [3.63, 3.8) is 0 Å². The van der Waals surface area contributed by atoms with Crippen LogP contribution in [0.1, 0.15) is 116 Å². The number of furan rings is 4. The maximum atomic E-state index is 12.6. The fourth-order valence-electron chi connectivity index (χ4n) is 7.69. The van der Waals surface area contributed by atoms with Crippen LogP contribution in [0.15, 0.2) is 471 Å². The summed E-state index contributed by atoms with van der Waals surface area (Å²) in [6.07, 6.45) is 17.8. The fourth-order valence-corrected chi connectivity index (χ4v) is 9.46. The number of ether oxygens (including phenoxy) is 1. The predicted octanol–water partition coefficient (Wildman–Crippen LogP) is 37.0. The molecule has 0 saturated carbocycles. The Bertz CT molecular complexity index is 4180. The lowest BCUT2D eigenvalue weighted by Crippen LogP contribution is -1.84. The summed E-state index contributed by atoms with van der Waals surface area (Å²) in [5.41, 5.74) is 10.2. The van der Waals surface area contributed by atoms with E-state index in [1.807, 2.05) is 468 Å². The minimum absolute atomic E-state index is 0. The van der Waals surface area contributed by atoms with Gasteiger partial charge in [-0.25, -0.2) is 4.39 Å². The normalized spacial score (nSPS) is 8.16. The largest absolute Gasteiger partial charge is 0.472 e. The number of H-pyrrole nitrogens is 1. The van der Waals surface area contributed by atoms with Gasteiger partial charge in [0.25, 0.3) is 0 Å². The second kappa shape index (κ2) is 108. The molecule has 0 unspecified atom stereocenters. The van der Waals surface area contributed by atoms with E-state index < -0.39 is 0 Å². The standard InChI is InChI=1S/C8H9F.C7H9N.C7H8.2C6H7N.5C6H6.C5H5BrO.C5H5ClO.2C5H7N.2C5H6O.2C5H6S.C2H6O.3C2H6.CH3Cl.CH3F.CH4/c1-6-3-4-7(2)8(9)5-6;1-8-7-5-3-2-4-6-7;1-7-5-3-2-4-6-7;1-6-3-2-4-7-5-6;1-6-4-2-3-5-7-6;5*1-2-4-6-5-3-1;2*1-4-2-3-5(6)7-4;1-6-4-2-3-5-6;1-5-3-2-4-6-5;1-5-2-3-6-4-5;1-5-3-2-4-6-5;1-5-2-3-6-4-5;1-5-3-2-4-6-5;1-3-2;5*1-2;/h3-5H,1-2H3;2-6,8H,1H3;2-6H,1H3;2*2-5H,1H3;5*1-6H;2*2-3H,1H3;2-5H,1H3;2-4,6H,1H3;4*2-4H,1H3;1-2H3;3*1-2H3;2*1H3;1H4. The Morgan fingerprint density at radius 3 is 1.03 bits per heavy atom. The molecule has 0 atom stereocenters. The van der Waals surface area contributed by atoms with E-state index in [1.54, 1.807) is 87.1 Å². The lowest BCUT2D eigenvalue weighted by molar-refractivity contribution is 0.277. The quantitative estimate of drug-likeness (QED) is 0.156. The minimum atomic E-state index is -0.116. The van der Waals surface area contributed by atoms with Gasteiger partial charge >= 0.3 is 0 Å². The first-order chi connectivity index (χ1) is 63.7. The molecule has 10 nitrogen and oxygen atoms in total. The zero-order valence-electron chi connectivity index (χ0n) is 81.8. The molecule has 8 aromatic carbocycles. The van der Waals surface area contributed by atoms with Crippen LogP contribution in [0.5, 0.6) is 0 Å². The van der Waals surface area contributed by atoms with Crippen molar-refractivity contribution in [1.82, 2.24) is 19.5 Å². The van der Waals surface area contributed by atoms with Crippen LogP contribution in [0.25, 0.3) is 0 Å². The molecule has 17 heteroatoms. The number of aromatic amines is 1. The summed E-state index contributed by atoms with van der Waals surface area (Å²) in [6.45, 7) is 35.6. The summed E-state index contributed by atoms with van der Waals surface area (Å²) < 4.78 is 48.5. The van der Waals surface area contributed by atoms with Crippen molar-refractivity contribution in [3.05, 3.63) is 531 Å². The number of hydrogen-bond donors (Lipinski definition) is 2. The van der Waals surface area contributed by atoms with Crippen LogP contribution in [0, 0.1) is 88.9 Å². The van der Waals surface area contributed by atoms with Gasteiger partial charge in [-0.2, -0.15) is 11.3 Å². The first kappa shape index (κ1) is 133. The Labute approximate surface area is 822 Å². The molecule has 18 aromatic rings. The number of nitrogens with one attached hydrogen (secondary N) is 2. The number of rotatable bonds is 1. The van der Waals surface area contributed by atoms with Gasteiger partial charge in [-0.1, -0.05) is 315 Å². The van der Waals surface area contributed by atoms with Crippen LogP contribution in [0.2, 0.25) is 5.22 Å². The fraction of sp³-hybridized carbons (Fsp3) is 0.217. The molecule has 10 heterocycles. The van der Waals surface area contributed by atoms with Crippen molar-refractivity contribution >= 4 is 67.5 Å². The van der Waals surface area contributed by atoms with Crippen LogP contribution in [0.3, 0.4) is 0 Å². The van der Waals surface area contributed by atoms with Gasteiger partial charge in [0.1, 0.15) is 23.1 Å². The van der Waals surface area contributed by atoms with Gasteiger partial charge in [0.05, 0.1) is 26.0 Å². The van der Waals surface area contributed by atoms with Crippen LogP contribution >= 0.6 is 61.8 Å². The topological polar surface area (TPSA) is 120 Å². The van der Waals surface area contributed by atoms with Gasteiger partial charge < -0.3 is 37.3 Å². The Hall–Kier alpha value is -12.2. The van der Waals surface area contributed by atoms with Gasteiger partial charge in [-0.15, -0.1) is 22.9 Å². The van der Waals surface area contributed by atoms with Gasteiger partial charge in [-0.3, -0.25) is 14.4 Å². The highest BCUT2D eigenvalue weighted by atomic mass is 79.9. The molecule has 714 valence electrons. The number of alkyl halides is 2. The summed E-state index contributed by atoms with van der Waals surface area (Å²) in [6, 6.07) is 123. The minimum Gasteiger partial charge on any atom is -0.472 e. The lowest BCUT2D eigenvalue weighted by atomic mass is 10.2. The number of nitrogens with zero attached hydrogens (tertiary/aromatic N) is 3. The molecule has 0 aliphatic heterocycles. The molecule has 10 aromatic heterocycles. The van der Waals surface area contributed by atoms with Crippen molar-refractivity contribution in [2.24, 2.45) is 7.05 Å². The molecule has 0 bridgehead atoms. The maximum Gasteiger partial charge on any atom is 0.193 e. The van der Waals surface area contributed by atoms with E-state index in [-0.39, 0.29) is 13.2 Å². The van der Waals surface area contributed by atoms with Crippen LogP contribution in [-0.2, 0) is 11.8 Å². The second-order valence-corrected chi connectivity index (χ2v) is 28.2. The molecule has 0 aliphatic rings. The molecular formula is C115H152BrCl2F2N5O5S2. The summed E-state index contributed by atoms with van der Waals surface area (Å²) in [7, 11) is 7.66. The number of hydrogen-bond acceptors (Lipinski definition) is 10. The average Bonchev–Trinajstić information content (AvgIpc) is 0.945. The zero-order valence-corrected chi connectivity index (χ0v) is 86.5. The SMILES string of the molecule is C.CC.CC.CC.CCl.CF.CNc1ccccc1.COC.Cc1ccc(Br)o1.Cc1ccc(C)c(F)c1.Cc1ccc(Cl)o1.Cc1ccc[nH]1.Cc1ccccc1.Cc1ccccn1.Cc1cccnc1.Cc1ccco1.Cc1cccs1.Cc1ccoc1.Cc1ccsc1.Cn1cccc1.c1ccccc1.c1ccccc1.c1ccccc1.c1ccccc1.c1ccccc1. The molecule has 0 saturated heterocycles. The monoisotopic (exact) mass is 1930 g/mol. The van der Waals surface area contributed by atoms with E-state index in [9.17, 15) is 8.78 Å². The van der Waals surface area contributed by atoms with Crippen LogP contribution in [-0.4, -0.2) is 54.3 Å². The van der Waals surface area contributed by atoms with Gasteiger partial charge in [0.2, 0.25) is 0 Å². The third-order valence-corrected chi connectivity index (χ3v) is 16.1. The molecule has 0 fully saturated rings. The molecule has 132 heavy (non-hydrogen) atoms. The Morgan fingerprint density at radius 2 is 0.871 bits per heavy atom. The number of benzene rings is 8. The number of methoxy groups -OCH3 is 1. The highest BCUT2D eigenvalue weighted by Gasteiger charge is 1.94. The molecule has 0 amide bonds. The Balaban J connectivity index is -0.000000249. The van der Waals surface area contributed by atoms with Gasteiger partial charge in [-0.05, 0) is 270 Å². The summed E-state index contributed by atoms with van der Waals surface area (Å²) >= 11 is 16.7. The van der Waals surface area contributed by atoms with Gasteiger partial charge in [0, 0.05) is 93.8 Å². The first-order valence-electron chi connectivity index (χ1n) is 42.6. The summed E-state index contributed by atoms with van der Waals surface area (Å²) in [4.78, 5) is 12.2. The van der Waals surface area contributed by atoms with Crippen molar-refractivity contribution in [2.45, 2.75) is 132 Å². The van der Waals surface area contributed by atoms with Crippen molar-refractivity contribution in [1.29, 1.82) is 0 Å². The van der Waals surface area contributed by atoms with E-state index >= 15 is 0 Å². The predicted molar refractivity (Wildman–Crippen MR) is 581 cm³/mol. The van der Waals surface area contributed by atoms with Crippen molar-refractivity contribution < 1.29 is 31.2 Å². The third-order valence-electron chi connectivity index (χ3n) is 13.9. The molecule has 2 N–H and O–H groups in total. The van der Waals surface area contributed by atoms with E-state index in [0.717, 1.165) is 38.9 Å². The van der Waals surface area contributed by atoms with E-state index in [2.05, 4.69) is 120 Å². The second-order valence-electron chi connectivity index (χ2n) is 25.2. The molecule has 0 spiro atoms. The van der Waals surface area contributed by atoms with Crippen LogP contribution in [0.4, 0.5) is 14.5 Å². The Kier molecular flexibility index (Phi) is 108. The van der Waals surface area contributed by atoms with Crippen molar-refractivity contribution in [3.8, 4) is 0 Å². The number of aryl methyl sites for hydroxylation is 13. The maximum absolute atomic E-state index is 12.6. The van der Waals surface area contributed by atoms with E-state index in [0.29, 0.717) is 18.0 Å². The summed E-state index contributed by atoms with van der Waals surface area (Å²) in [5, 5.41) is 9.77. The van der Waals surface area contributed by atoms with Crippen LogP contribution < -0.4 is 5.32 Å². The molecule has 0 radical (unpaired) electrons. The first-order valence-corrected chi connectivity index (χ1v) is 46.4. The number of aromatic nitrogens is 4. The lowest BCUT2D eigenvalue weighted by Gasteiger charge is -1.94. The van der Waals surface area contributed by atoms with Gasteiger partial charge in [0.15, 0.2) is 9.89 Å². The number of halogens is 5. The number of anilines is 1. The third kappa shape index (κ3) is 103. The molecule has 18 rings (SSSR count). The van der Waals surface area contributed by atoms with E-state index in [1.165, 1.54) is 45.3 Å². The highest BCUT2D eigenvalue weighted by Crippen LogP contribution is 2.13. The Morgan fingerprint density at radius 1 is 0.424 bits per heavy atom. The molecule has 0 aliphatic carbocycles. The number of para-hydroxylation sites is 1. The summed E-state index contributed by atoms with van der Waals surface area (Å²) in [5.74, 6) is 2.64. The number of thiophene rings is 2. The highest BCUT2D eigenvalue weighted by molar-refractivity contribution is 9.10. The zero-order chi connectivity index (χ0) is 98.9. The number of pyridine rings is 2. The van der Waals surface area contributed by atoms with Crippen molar-refractivity contribution in [2.75, 3.05) is 40.1 Å².